The van der Waals surface area contributed by atoms with Crippen molar-refractivity contribution in [3.05, 3.63) is 54.0 Å². The van der Waals surface area contributed by atoms with Gasteiger partial charge in [0, 0.05) is 11.9 Å². The molecule has 2 heterocycles. The van der Waals surface area contributed by atoms with Crippen LogP contribution in [0, 0.1) is 5.82 Å². The number of pyridine rings is 1. The molecule has 0 saturated heterocycles. The summed E-state index contributed by atoms with van der Waals surface area (Å²) in [4.78, 5) is 21.4. The number of imidazole rings is 1. The highest BCUT2D eigenvalue weighted by atomic mass is 32.2. The van der Waals surface area contributed by atoms with Crippen molar-refractivity contribution in [2.24, 2.45) is 0 Å². The second-order valence-electron chi connectivity index (χ2n) is 5.72. The molecule has 2 aliphatic heterocycles. The molecule has 5 nitrogen and oxygen atoms in total. The zero-order valence-electron chi connectivity index (χ0n) is 14.7. The fourth-order valence-corrected chi connectivity index (χ4v) is 3.49. The van der Waals surface area contributed by atoms with Crippen molar-refractivity contribution < 1.29 is 13.9 Å². The summed E-state index contributed by atoms with van der Waals surface area (Å²) < 4.78 is 20.0. The number of nitrogens with zero attached hydrogens (tertiary/aromatic N) is 3. The summed E-state index contributed by atoms with van der Waals surface area (Å²) in [6, 6.07) is 9.68. The van der Waals surface area contributed by atoms with Gasteiger partial charge in [-0.15, -0.1) is 0 Å². The predicted octanol–water partition coefficient (Wildman–Crippen LogP) is 4.33. The van der Waals surface area contributed by atoms with Crippen molar-refractivity contribution in [2.45, 2.75) is 37.2 Å². The molecule has 1 atom stereocenters. The normalized spacial score (nSPS) is 12.3. The number of halogens is 1. The maximum Gasteiger partial charge on any atom is 0.329 e. The number of hydrogen-bond acceptors (Lipinski definition) is 5. The van der Waals surface area contributed by atoms with Crippen molar-refractivity contribution >= 4 is 17.7 Å². The highest BCUT2D eigenvalue weighted by molar-refractivity contribution is 7.98. The Morgan fingerprint density at radius 3 is 2.69 bits per heavy atom. The van der Waals surface area contributed by atoms with E-state index >= 15 is 0 Å². The van der Waals surface area contributed by atoms with Gasteiger partial charge in [0.2, 0.25) is 0 Å². The summed E-state index contributed by atoms with van der Waals surface area (Å²) in [5.41, 5.74) is 1.73. The Kier molecular flexibility index (Phi) is 5.88. The molecule has 0 N–H and O–H groups in total. The smallest absolute Gasteiger partial charge is 0.329 e. The maximum atomic E-state index is 13.0. The van der Waals surface area contributed by atoms with Crippen LogP contribution in [0.3, 0.4) is 0 Å². The van der Waals surface area contributed by atoms with Crippen LogP contribution in [0.5, 0.6) is 0 Å². The summed E-state index contributed by atoms with van der Waals surface area (Å²) in [5, 5.41) is 0.628. The number of fused-ring (bicyclic) bond motifs is 1. The number of carbonyl (C=O) groups is 1. The third-order valence-corrected chi connectivity index (χ3v) is 4.87. The van der Waals surface area contributed by atoms with Gasteiger partial charge in [-0.2, -0.15) is 0 Å². The van der Waals surface area contributed by atoms with Gasteiger partial charge in [0.15, 0.2) is 11.0 Å². The number of thioether (sulfide) groups is 1. The first kappa shape index (κ1) is 18.4. The predicted molar refractivity (Wildman–Crippen MR) is 98.6 cm³/mol. The van der Waals surface area contributed by atoms with Gasteiger partial charge in [0.1, 0.15) is 17.6 Å². The third kappa shape index (κ3) is 4.04. The van der Waals surface area contributed by atoms with Crippen LogP contribution in [0.25, 0.3) is 11.5 Å². The molecule has 136 valence electrons. The van der Waals surface area contributed by atoms with E-state index in [0.29, 0.717) is 29.8 Å². The molecule has 1 unspecified atom stereocenters. The van der Waals surface area contributed by atoms with Crippen LogP contribution < -0.4 is 0 Å². The van der Waals surface area contributed by atoms with Crippen LogP contribution in [0.15, 0.2) is 47.8 Å². The molecule has 26 heavy (non-hydrogen) atoms. The molecule has 7 heteroatoms. The van der Waals surface area contributed by atoms with Crippen molar-refractivity contribution in [2.75, 3.05) is 6.61 Å². The Hall–Kier alpha value is -2.41. The van der Waals surface area contributed by atoms with Gasteiger partial charge in [0.25, 0.3) is 0 Å². The first-order valence-corrected chi connectivity index (χ1v) is 9.49. The van der Waals surface area contributed by atoms with Crippen LogP contribution >= 0.6 is 11.8 Å². The minimum Gasteiger partial charge on any atom is -0.464 e. The molecular weight excluding hydrogens is 353 g/mol. The summed E-state index contributed by atoms with van der Waals surface area (Å²) in [7, 11) is 0. The standard InChI is InChI=1S/C19H20FN3O2S/c1-3-16(18(24)25-4-2)23-11-5-6-15-17(23)22-19(21-15)26-12-13-7-9-14(20)10-8-13/h5-11,16H,3-4,12H2,1-2H3. The van der Waals surface area contributed by atoms with Gasteiger partial charge < -0.3 is 9.30 Å². The lowest BCUT2D eigenvalue weighted by Crippen LogP contribution is -2.22. The van der Waals surface area contributed by atoms with E-state index in [1.807, 2.05) is 29.8 Å². The lowest BCUT2D eigenvalue weighted by Gasteiger charge is -2.19. The number of rotatable bonds is 7. The zero-order chi connectivity index (χ0) is 18.5. The van der Waals surface area contributed by atoms with E-state index < -0.39 is 6.04 Å². The Labute approximate surface area is 156 Å². The number of hydrogen-bond donors (Lipinski definition) is 0. The SMILES string of the molecule is CCOC(=O)C(CC)n1cccc2nc(SCc3ccc(F)cc3)nc1-2. The van der Waals surface area contributed by atoms with Crippen molar-refractivity contribution in [3.63, 3.8) is 0 Å². The van der Waals surface area contributed by atoms with E-state index in [9.17, 15) is 9.18 Å². The van der Waals surface area contributed by atoms with Gasteiger partial charge in [-0.25, -0.2) is 19.2 Å². The molecule has 0 spiro atoms. The average Bonchev–Trinajstić information content (AvgIpc) is 3.06. The minimum absolute atomic E-state index is 0.250. The fraction of sp³-hybridized carbons (Fsp3) is 0.316. The van der Waals surface area contributed by atoms with E-state index in [2.05, 4.69) is 9.97 Å². The molecule has 0 fully saturated rings. The van der Waals surface area contributed by atoms with Crippen LogP contribution in [-0.2, 0) is 15.3 Å². The summed E-state index contributed by atoms with van der Waals surface area (Å²) in [5.74, 6) is 0.788. The van der Waals surface area contributed by atoms with Crippen LogP contribution in [0.2, 0.25) is 0 Å². The monoisotopic (exact) mass is 373 g/mol. The summed E-state index contributed by atoms with van der Waals surface area (Å²) in [6.07, 6.45) is 2.43. The Morgan fingerprint density at radius 2 is 2.00 bits per heavy atom. The van der Waals surface area contributed by atoms with Crippen LogP contribution in [0.1, 0.15) is 31.9 Å². The quantitative estimate of drug-likeness (QED) is 0.456. The van der Waals surface area contributed by atoms with Gasteiger partial charge in [-0.05, 0) is 43.2 Å². The Bertz CT molecular complexity index is 850. The number of aromatic nitrogens is 3. The van der Waals surface area contributed by atoms with Crippen LogP contribution in [-0.4, -0.2) is 27.1 Å². The number of esters is 1. The Morgan fingerprint density at radius 1 is 1.23 bits per heavy atom. The van der Waals surface area contributed by atoms with Gasteiger partial charge in [-0.1, -0.05) is 30.8 Å². The molecule has 2 aliphatic rings. The molecule has 1 aromatic rings. The lowest BCUT2D eigenvalue weighted by molar-refractivity contribution is -0.147. The average molecular weight is 373 g/mol. The minimum atomic E-state index is -0.426. The second-order valence-corrected chi connectivity index (χ2v) is 6.66. The van der Waals surface area contributed by atoms with Crippen molar-refractivity contribution in [3.8, 4) is 11.5 Å². The molecule has 0 bridgehead atoms. The largest absolute Gasteiger partial charge is 0.464 e. The lowest BCUT2D eigenvalue weighted by atomic mass is 10.2. The van der Waals surface area contributed by atoms with Gasteiger partial charge in [-0.3, -0.25) is 0 Å². The van der Waals surface area contributed by atoms with Crippen molar-refractivity contribution in [1.29, 1.82) is 0 Å². The highest BCUT2D eigenvalue weighted by Gasteiger charge is 2.24. The fourth-order valence-electron chi connectivity index (χ4n) is 2.69. The highest BCUT2D eigenvalue weighted by Crippen LogP contribution is 2.29. The molecule has 0 amide bonds. The van der Waals surface area contributed by atoms with E-state index in [0.717, 1.165) is 11.3 Å². The molecule has 0 saturated carbocycles. The molecule has 0 radical (unpaired) electrons. The number of carbonyl (C=O) groups excluding carboxylic acids is 1. The molecule has 1 aromatic carbocycles. The number of benzene rings is 1. The number of ether oxygens (including phenoxy) is 1. The molecule has 0 aliphatic carbocycles. The first-order valence-electron chi connectivity index (χ1n) is 8.50. The second kappa shape index (κ2) is 8.31. The van der Waals surface area contributed by atoms with Gasteiger partial charge >= 0.3 is 5.97 Å². The van der Waals surface area contributed by atoms with E-state index in [4.69, 9.17) is 4.74 Å². The molecule has 3 rings (SSSR count). The molecular formula is C19H20FN3O2S. The maximum absolute atomic E-state index is 13.0. The Balaban J connectivity index is 1.82. The summed E-state index contributed by atoms with van der Waals surface area (Å²) in [6.45, 7) is 4.08. The van der Waals surface area contributed by atoms with E-state index in [1.165, 1.54) is 23.9 Å². The third-order valence-electron chi connectivity index (χ3n) is 3.95. The zero-order valence-corrected chi connectivity index (χ0v) is 15.5. The van der Waals surface area contributed by atoms with E-state index in [-0.39, 0.29) is 11.8 Å². The molecule has 0 aromatic heterocycles. The van der Waals surface area contributed by atoms with E-state index in [1.54, 1.807) is 19.1 Å². The van der Waals surface area contributed by atoms with Crippen LogP contribution in [0.4, 0.5) is 4.39 Å². The van der Waals surface area contributed by atoms with Gasteiger partial charge in [0.05, 0.1) is 6.61 Å². The topological polar surface area (TPSA) is 57.0 Å². The first-order chi connectivity index (χ1) is 12.6. The summed E-state index contributed by atoms with van der Waals surface area (Å²) >= 11 is 1.48. The van der Waals surface area contributed by atoms with Crippen molar-refractivity contribution in [1.82, 2.24) is 14.5 Å².